The molecule has 2 fully saturated rings. The van der Waals surface area contributed by atoms with Crippen LogP contribution in [-0.4, -0.2) is 89.3 Å². The van der Waals surface area contributed by atoms with E-state index in [1.807, 2.05) is 42.5 Å². The van der Waals surface area contributed by atoms with Crippen LogP contribution in [-0.2, 0) is 29.1 Å². The van der Waals surface area contributed by atoms with Crippen molar-refractivity contribution in [3.05, 3.63) is 89.5 Å². The average Bonchev–Trinajstić information content (AvgIpc) is 3.34. The minimum atomic E-state index is -0.785. The molecule has 0 radical (unpaired) electrons. The lowest BCUT2D eigenvalue weighted by atomic mass is 10.00. The fraction of sp³-hybridized carbons (Fsp3) is 0.323. The van der Waals surface area contributed by atoms with Crippen LogP contribution in [0.3, 0.4) is 0 Å². The summed E-state index contributed by atoms with van der Waals surface area (Å²) in [7, 11) is 4.74. The first-order valence-corrected chi connectivity index (χ1v) is 13.7. The Morgan fingerprint density at radius 2 is 1.64 bits per heavy atom. The summed E-state index contributed by atoms with van der Waals surface area (Å²) in [5.74, 6) is 0.826. The Labute approximate surface area is 244 Å². The molecule has 2 N–H and O–H groups in total. The molecule has 4 amide bonds. The predicted octanol–water partition coefficient (Wildman–Crippen LogP) is 2.59. The van der Waals surface area contributed by atoms with Crippen LogP contribution in [0.1, 0.15) is 16.7 Å². The summed E-state index contributed by atoms with van der Waals surface area (Å²) in [4.78, 5) is 43.9. The highest BCUT2D eigenvalue weighted by molar-refractivity contribution is 5.91. The lowest BCUT2D eigenvalue weighted by Gasteiger charge is -2.45. The van der Waals surface area contributed by atoms with Gasteiger partial charge in [0.2, 0.25) is 11.8 Å². The smallest absolute Gasteiger partial charge is 0.332 e. The summed E-state index contributed by atoms with van der Waals surface area (Å²) < 4.78 is 10.8. The monoisotopic (exact) mass is 573 g/mol. The number of fused-ring (bicyclic) bond motifs is 1. The fourth-order valence-corrected chi connectivity index (χ4v) is 5.51. The highest BCUT2D eigenvalue weighted by Crippen LogP contribution is 2.32. The SMILES string of the molecule is COc1ccc(CN2C[C@H]3N(C(=O)CN3N(C)C(=O)NCc3ccccc3)[C@@H](Cc3ccc(O)cc3)C2=O)cc1OC. The number of phenolic OH excluding ortho intramolecular Hbond substituents is 1. The number of carbonyl (C=O) groups is 3. The molecule has 0 spiro atoms. The zero-order valence-corrected chi connectivity index (χ0v) is 23.9. The maximum atomic E-state index is 14.0. The molecule has 11 heteroatoms. The van der Waals surface area contributed by atoms with Crippen molar-refractivity contribution in [1.82, 2.24) is 25.1 Å². The van der Waals surface area contributed by atoms with Crippen molar-refractivity contribution < 1.29 is 29.0 Å². The summed E-state index contributed by atoms with van der Waals surface area (Å²) in [6.07, 6.45) is -0.286. The number of carbonyl (C=O) groups excluding carboxylic acids is 3. The first-order valence-electron chi connectivity index (χ1n) is 13.7. The van der Waals surface area contributed by atoms with Crippen LogP contribution >= 0.6 is 0 Å². The number of hydrogen-bond acceptors (Lipinski definition) is 7. The molecule has 5 rings (SSSR count). The van der Waals surface area contributed by atoms with Gasteiger partial charge < -0.3 is 29.7 Å². The maximum Gasteiger partial charge on any atom is 0.332 e. The number of ether oxygens (including phenoxy) is 2. The number of rotatable bonds is 9. The largest absolute Gasteiger partial charge is 0.508 e. The normalized spacial score (nSPS) is 18.5. The van der Waals surface area contributed by atoms with Crippen LogP contribution in [0.5, 0.6) is 17.2 Å². The van der Waals surface area contributed by atoms with Gasteiger partial charge in [-0.2, -0.15) is 5.01 Å². The van der Waals surface area contributed by atoms with Crippen molar-refractivity contribution in [2.45, 2.75) is 31.7 Å². The van der Waals surface area contributed by atoms with Crippen LogP contribution in [0.2, 0.25) is 0 Å². The Morgan fingerprint density at radius 1 is 0.952 bits per heavy atom. The summed E-state index contributed by atoms with van der Waals surface area (Å²) in [5, 5.41) is 15.8. The molecule has 2 aliphatic rings. The molecule has 0 aromatic heterocycles. The van der Waals surface area contributed by atoms with E-state index in [9.17, 15) is 19.5 Å². The van der Waals surface area contributed by atoms with Crippen LogP contribution < -0.4 is 14.8 Å². The van der Waals surface area contributed by atoms with E-state index in [-0.39, 0.29) is 49.7 Å². The summed E-state index contributed by atoms with van der Waals surface area (Å²) in [5.41, 5.74) is 2.59. The molecule has 0 saturated carbocycles. The van der Waals surface area contributed by atoms with Crippen molar-refractivity contribution in [2.75, 3.05) is 34.4 Å². The quantitative estimate of drug-likeness (QED) is 0.405. The second-order valence-corrected chi connectivity index (χ2v) is 10.3. The van der Waals surface area contributed by atoms with Crippen LogP contribution in [0.4, 0.5) is 4.79 Å². The highest BCUT2D eigenvalue weighted by Gasteiger charge is 2.51. The van der Waals surface area contributed by atoms with Crippen LogP contribution in [0.15, 0.2) is 72.8 Å². The Bertz CT molecular complexity index is 1430. The third kappa shape index (κ3) is 5.96. The molecule has 3 aromatic rings. The number of hydrogen-bond donors (Lipinski definition) is 2. The molecule has 3 aromatic carbocycles. The summed E-state index contributed by atoms with van der Waals surface area (Å²) >= 11 is 0. The van der Waals surface area contributed by atoms with Gasteiger partial charge in [-0.3, -0.25) is 14.6 Å². The van der Waals surface area contributed by atoms with Crippen LogP contribution in [0, 0.1) is 0 Å². The molecule has 42 heavy (non-hydrogen) atoms. The van der Waals surface area contributed by atoms with E-state index < -0.39 is 12.2 Å². The maximum absolute atomic E-state index is 14.0. The Hall–Kier alpha value is -4.77. The van der Waals surface area contributed by atoms with E-state index in [1.165, 1.54) is 5.01 Å². The highest BCUT2D eigenvalue weighted by atomic mass is 16.5. The Balaban J connectivity index is 1.40. The molecule has 2 aliphatic heterocycles. The third-order valence-electron chi connectivity index (χ3n) is 7.72. The number of phenols is 1. The van der Waals surface area contributed by atoms with Crippen molar-refractivity contribution in [1.29, 1.82) is 0 Å². The van der Waals surface area contributed by atoms with Gasteiger partial charge >= 0.3 is 6.03 Å². The van der Waals surface area contributed by atoms with Gasteiger partial charge in [0.15, 0.2) is 11.5 Å². The van der Waals surface area contributed by atoms with Gasteiger partial charge in [-0.1, -0.05) is 48.5 Å². The minimum absolute atomic E-state index is 0.0382. The van der Waals surface area contributed by atoms with Crippen LogP contribution in [0.25, 0.3) is 0 Å². The topological polar surface area (TPSA) is 115 Å². The number of piperazine rings is 1. The van der Waals surface area contributed by atoms with Gasteiger partial charge in [-0.05, 0) is 41.0 Å². The van der Waals surface area contributed by atoms with Gasteiger partial charge in [0.1, 0.15) is 18.0 Å². The van der Waals surface area contributed by atoms with E-state index >= 15 is 0 Å². The zero-order chi connectivity index (χ0) is 29.8. The number of nitrogens with zero attached hydrogens (tertiary/aromatic N) is 4. The number of amides is 4. The van der Waals surface area contributed by atoms with Gasteiger partial charge in [0.25, 0.3) is 0 Å². The summed E-state index contributed by atoms with van der Waals surface area (Å²) in [6.45, 7) is 0.792. The number of benzene rings is 3. The van der Waals surface area contributed by atoms with Gasteiger partial charge in [0.05, 0.1) is 27.3 Å². The molecule has 2 atom stereocenters. The minimum Gasteiger partial charge on any atom is -0.508 e. The van der Waals surface area contributed by atoms with Gasteiger partial charge in [-0.25, -0.2) is 4.79 Å². The van der Waals surface area contributed by atoms with E-state index in [0.717, 1.165) is 16.7 Å². The fourth-order valence-electron chi connectivity index (χ4n) is 5.51. The van der Waals surface area contributed by atoms with E-state index in [0.29, 0.717) is 18.0 Å². The van der Waals surface area contributed by atoms with Crippen molar-refractivity contribution in [3.63, 3.8) is 0 Å². The lowest BCUT2D eigenvalue weighted by Crippen LogP contribution is -2.65. The number of nitrogens with one attached hydrogen (secondary N) is 1. The molecule has 0 aliphatic carbocycles. The van der Waals surface area contributed by atoms with E-state index in [2.05, 4.69) is 5.32 Å². The number of urea groups is 1. The molecular formula is C31H35N5O6. The first kappa shape index (κ1) is 28.7. The molecule has 2 heterocycles. The molecule has 220 valence electrons. The van der Waals surface area contributed by atoms with Crippen molar-refractivity contribution in [3.8, 4) is 17.2 Å². The van der Waals surface area contributed by atoms with Gasteiger partial charge in [-0.15, -0.1) is 0 Å². The molecular weight excluding hydrogens is 538 g/mol. The van der Waals surface area contributed by atoms with Crippen molar-refractivity contribution >= 4 is 17.8 Å². The van der Waals surface area contributed by atoms with Crippen molar-refractivity contribution in [2.24, 2.45) is 0 Å². The molecule has 0 bridgehead atoms. The van der Waals surface area contributed by atoms with Gasteiger partial charge in [0, 0.05) is 26.6 Å². The third-order valence-corrected chi connectivity index (χ3v) is 7.72. The standard InChI is InChI=1S/C31H35N5O6/c1-33(31(40)32-17-22-7-5-4-6-8-22)35-20-29(38)36-25(15-21-9-12-24(37)13-10-21)30(39)34(19-28(35)36)18-23-11-14-26(41-2)27(16-23)42-3/h4-14,16,25,28,37H,15,17-20H2,1-3H3,(H,32,40)/t25-,28+/m0/s1. The zero-order valence-electron chi connectivity index (χ0n) is 23.9. The number of methoxy groups -OCH3 is 2. The predicted molar refractivity (Wildman–Crippen MR) is 154 cm³/mol. The second-order valence-electron chi connectivity index (χ2n) is 10.3. The number of hydrazine groups is 1. The molecule has 11 nitrogen and oxygen atoms in total. The molecule has 0 unspecified atom stereocenters. The first-order chi connectivity index (χ1) is 20.3. The number of aromatic hydroxyl groups is 1. The summed E-state index contributed by atoms with van der Waals surface area (Å²) in [6, 6.07) is 20.5. The van der Waals surface area contributed by atoms with E-state index in [1.54, 1.807) is 66.4 Å². The Kier molecular flexibility index (Phi) is 8.48. The second kappa shape index (κ2) is 12.4. The van der Waals surface area contributed by atoms with E-state index in [4.69, 9.17) is 9.47 Å². The Morgan fingerprint density at radius 3 is 2.33 bits per heavy atom. The lowest BCUT2D eigenvalue weighted by molar-refractivity contribution is -0.157. The molecule has 2 saturated heterocycles. The average molecular weight is 574 g/mol.